The fourth-order valence-corrected chi connectivity index (χ4v) is 2.66. The van der Waals surface area contributed by atoms with Crippen molar-refractivity contribution in [1.29, 1.82) is 0 Å². The Kier molecular flexibility index (Phi) is 4.79. The number of halogens is 1. The Morgan fingerprint density at radius 2 is 2.00 bits per heavy atom. The second kappa shape index (κ2) is 7.17. The number of anilines is 1. The zero-order chi connectivity index (χ0) is 17.8. The molecule has 5 nitrogen and oxygen atoms in total. The first kappa shape index (κ1) is 16.7. The summed E-state index contributed by atoms with van der Waals surface area (Å²) < 4.78 is 15.4. The molecule has 0 saturated heterocycles. The molecule has 2 amide bonds. The molecule has 1 unspecified atom stereocenters. The SMILES string of the molecule is Cc1cccc(NC(=O)NC(c2cccc(F)c2)c2nccn2C)c1. The van der Waals surface area contributed by atoms with Crippen LogP contribution in [0, 0.1) is 12.7 Å². The Morgan fingerprint density at radius 3 is 2.68 bits per heavy atom. The maximum atomic E-state index is 13.6. The summed E-state index contributed by atoms with van der Waals surface area (Å²) in [4.78, 5) is 16.7. The van der Waals surface area contributed by atoms with E-state index in [1.54, 1.807) is 29.1 Å². The van der Waals surface area contributed by atoms with Crippen LogP contribution in [0.3, 0.4) is 0 Å². The lowest BCUT2D eigenvalue weighted by molar-refractivity contribution is 0.249. The molecule has 1 aromatic heterocycles. The molecular formula is C19H19FN4O. The van der Waals surface area contributed by atoms with Gasteiger partial charge < -0.3 is 15.2 Å². The molecule has 0 fully saturated rings. The van der Waals surface area contributed by atoms with Gasteiger partial charge in [-0.25, -0.2) is 14.2 Å². The number of aromatic nitrogens is 2. The second-order valence-corrected chi connectivity index (χ2v) is 5.85. The molecule has 0 aliphatic carbocycles. The fraction of sp³-hybridized carbons (Fsp3) is 0.158. The summed E-state index contributed by atoms with van der Waals surface area (Å²) in [5.41, 5.74) is 2.35. The minimum absolute atomic E-state index is 0.363. The summed E-state index contributed by atoms with van der Waals surface area (Å²) in [7, 11) is 1.83. The van der Waals surface area contributed by atoms with Gasteiger partial charge in [-0.2, -0.15) is 0 Å². The number of nitrogens with zero attached hydrogens (tertiary/aromatic N) is 2. The topological polar surface area (TPSA) is 59.0 Å². The van der Waals surface area contributed by atoms with E-state index in [4.69, 9.17) is 0 Å². The average molecular weight is 338 g/mol. The van der Waals surface area contributed by atoms with Crippen LogP contribution in [0.15, 0.2) is 60.9 Å². The Morgan fingerprint density at radius 1 is 1.20 bits per heavy atom. The summed E-state index contributed by atoms with van der Waals surface area (Å²) in [6.07, 6.45) is 3.42. The van der Waals surface area contributed by atoms with Gasteiger partial charge in [0.2, 0.25) is 0 Å². The molecule has 0 radical (unpaired) electrons. The first-order chi connectivity index (χ1) is 12.0. The number of aryl methyl sites for hydroxylation is 2. The molecule has 0 aliphatic rings. The molecule has 0 saturated carbocycles. The smallest absolute Gasteiger partial charge is 0.320 e. The van der Waals surface area contributed by atoms with Gasteiger partial charge in [0.15, 0.2) is 0 Å². The van der Waals surface area contributed by atoms with Crippen LogP contribution in [0.25, 0.3) is 0 Å². The summed E-state index contributed by atoms with van der Waals surface area (Å²) in [6, 6.07) is 12.7. The van der Waals surface area contributed by atoms with Gasteiger partial charge in [-0.1, -0.05) is 24.3 Å². The highest BCUT2D eigenvalue weighted by Gasteiger charge is 2.21. The maximum absolute atomic E-state index is 13.6. The number of imidazole rings is 1. The Balaban J connectivity index is 1.85. The molecule has 0 spiro atoms. The molecule has 3 rings (SSSR count). The Labute approximate surface area is 145 Å². The number of hydrogen-bond acceptors (Lipinski definition) is 2. The summed E-state index contributed by atoms with van der Waals surface area (Å²) in [6.45, 7) is 1.95. The molecule has 3 aromatic rings. The van der Waals surface area contributed by atoms with Crippen molar-refractivity contribution in [1.82, 2.24) is 14.9 Å². The van der Waals surface area contributed by atoms with Crippen molar-refractivity contribution in [2.45, 2.75) is 13.0 Å². The second-order valence-electron chi connectivity index (χ2n) is 5.85. The van der Waals surface area contributed by atoms with Crippen LogP contribution in [0.5, 0.6) is 0 Å². The first-order valence-electron chi connectivity index (χ1n) is 7.90. The minimum atomic E-state index is -0.569. The van der Waals surface area contributed by atoms with E-state index in [-0.39, 0.29) is 11.8 Å². The minimum Gasteiger partial charge on any atom is -0.336 e. The highest BCUT2D eigenvalue weighted by molar-refractivity contribution is 5.89. The van der Waals surface area contributed by atoms with Crippen molar-refractivity contribution in [2.75, 3.05) is 5.32 Å². The third kappa shape index (κ3) is 4.03. The molecule has 0 bridgehead atoms. The number of nitrogens with one attached hydrogen (secondary N) is 2. The standard InChI is InChI=1S/C19H19FN4O/c1-13-5-3-8-16(11-13)22-19(25)23-17(18-21-9-10-24(18)2)14-6-4-7-15(20)12-14/h3-12,17H,1-2H3,(H2,22,23,25). The molecule has 25 heavy (non-hydrogen) atoms. The van der Waals surface area contributed by atoms with Crippen molar-refractivity contribution in [3.8, 4) is 0 Å². The number of carbonyl (C=O) groups excluding carboxylic acids is 1. The van der Waals surface area contributed by atoms with Crippen molar-refractivity contribution in [3.63, 3.8) is 0 Å². The number of benzene rings is 2. The van der Waals surface area contributed by atoms with E-state index in [1.165, 1.54) is 12.1 Å². The van der Waals surface area contributed by atoms with Gasteiger partial charge in [0.05, 0.1) is 0 Å². The first-order valence-corrected chi connectivity index (χ1v) is 7.90. The average Bonchev–Trinajstić information content (AvgIpc) is 2.98. The summed E-state index contributed by atoms with van der Waals surface area (Å²) in [5.74, 6) is 0.252. The molecule has 1 atom stereocenters. The Bertz CT molecular complexity index is 890. The number of urea groups is 1. The van der Waals surface area contributed by atoms with Gasteiger partial charge in [0, 0.05) is 25.1 Å². The number of rotatable bonds is 4. The van der Waals surface area contributed by atoms with Crippen molar-refractivity contribution in [2.24, 2.45) is 7.05 Å². The predicted octanol–water partition coefficient (Wildman–Crippen LogP) is 3.78. The molecular weight excluding hydrogens is 319 g/mol. The van der Waals surface area contributed by atoms with E-state index in [9.17, 15) is 9.18 Å². The van der Waals surface area contributed by atoms with Gasteiger partial charge in [-0.15, -0.1) is 0 Å². The van der Waals surface area contributed by atoms with Crippen molar-refractivity contribution < 1.29 is 9.18 Å². The zero-order valence-corrected chi connectivity index (χ0v) is 14.0. The van der Waals surface area contributed by atoms with E-state index < -0.39 is 6.04 Å². The maximum Gasteiger partial charge on any atom is 0.320 e. The zero-order valence-electron chi connectivity index (χ0n) is 14.0. The van der Waals surface area contributed by atoms with Gasteiger partial charge >= 0.3 is 6.03 Å². The van der Waals surface area contributed by atoms with Crippen LogP contribution in [0.4, 0.5) is 14.9 Å². The fourth-order valence-electron chi connectivity index (χ4n) is 2.66. The van der Waals surface area contributed by atoms with E-state index >= 15 is 0 Å². The third-order valence-corrected chi connectivity index (χ3v) is 3.85. The van der Waals surface area contributed by atoms with Crippen molar-refractivity contribution >= 4 is 11.7 Å². The van der Waals surface area contributed by atoms with Crippen LogP contribution in [0.2, 0.25) is 0 Å². The lowest BCUT2D eigenvalue weighted by Gasteiger charge is -2.19. The Hall–Kier alpha value is -3.15. The highest BCUT2D eigenvalue weighted by Crippen LogP contribution is 2.21. The number of hydrogen-bond donors (Lipinski definition) is 2. The van der Waals surface area contributed by atoms with E-state index in [1.807, 2.05) is 38.2 Å². The van der Waals surface area contributed by atoms with Crippen LogP contribution in [-0.2, 0) is 7.05 Å². The van der Waals surface area contributed by atoms with Crippen LogP contribution in [0.1, 0.15) is 23.0 Å². The molecule has 6 heteroatoms. The van der Waals surface area contributed by atoms with Crippen LogP contribution in [-0.4, -0.2) is 15.6 Å². The summed E-state index contributed by atoms with van der Waals surface area (Å²) in [5, 5.41) is 5.67. The predicted molar refractivity (Wildman–Crippen MR) is 94.8 cm³/mol. The number of amides is 2. The van der Waals surface area contributed by atoms with Gasteiger partial charge in [-0.3, -0.25) is 0 Å². The lowest BCUT2D eigenvalue weighted by atomic mass is 10.1. The van der Waals surface area contributed by atoms with E-state index in [2.05, 4.69) is 15.6 Å². The lowest BCUT2D eigenvalue weighted by Crippen LogP contribution is -2.34. The van der Waals surface area contributed by atoms with E-state index in [0.29, 0.717) is 17.1 Å². The molecule has 1 heterocycles. The third-order valence-electron chi connectivity index (χ3n) is 3.85. The molecule has 2 N–H and O–H groups in total. The largest absolute Gasteiger partial charge is 0.336 e. The summed E-state index contributed by atoms with van der Waals surface area (Å²) >= 11 is 0. The van der Waals surface area contributed by atoms with Gasteiger partial charge in [0.1, 0.15) is 17.7 Å². The monoisotopic (exact) mass is 338 g/mol. The van der Waals surface area contributed by atoms with Crippen molar-refractivity contribution in [3.05, 3.63) is 83.7 Å². The normalized spacial score (nSPS) is 11.8. The molecule has 128 valence electrons. The van der Waals surface area contributed by atoms with Gasteiger partial charge in [0.25, 0.3) is 0 Å². The van der Waals surface area contributed by atoms with Gasteiger partial charge in [-0.05, 0) is 42.3 Å². The number of carbonyl (C=O) groups is 1. The molecule has 2 aromatic carbocycles. The highest BCUT2D eigenvalue weighted by atomic mass is 19.1. The van der Waals surface area contributed by atoms with E-state index in [0.717, 1.165) is 5.56 Å². The van der Waals surface area contributed by atoms with Crippen LogP contribution < -0.4 is 10.6 Å². The quantitative estimate of drug-likeness (QED) is 0.760. The molecule has 0 aliphatic heterocycles. The van der Waals surface area contributed by atoms with Crippen LogP contribution >= 0.6 is 0 Å².